The lowest BCUT2D eigenvalue weighted by atomic mass is 10.2. The quantitative estimate of drug-likeness (QED) is 0.364. The molecule has 0 saturated heterocycles. The Labute approximate surface area is 138 Å². The van der Waals surface area contributed by atoms with Crippen molar-refractivity contribution in [1.29, 1.82) is 0 Å². The summed E-state index contributed by atoms with van der Waals surface area (Å²) >= 11 is 2.22. The minimum Gasteiger partial charge on any atom is -0.265 e. The number of rotatable bonds is 1. The zero-order valence-corrected chi connectivity index (χ0v) is 13.4. The molecule has 0 aliphatic rings. The van der Waals surface area contributed by atoms with Gasteiger partial charge in [-0.15, -0.1) is 0 Å². The largest absolute Gasteiger partial charge is 0.300 e. The van der Waals surface area contributed by atoms with Crippen molar-refractivity contribution in [1.82, 2.24) is 19.6 Å². The van der Waals surface area contributed by atoms with Gasteiger partial charge in [0.25, 0.3) is 5.56 Å². The van der Waals surface area contributed by atoms with Crippen molar-refractivity contribution in [3.05, 3.63) is 68.8 Å². The van der Waals surface area contributed by atoms with Gasteiger partial charge in [-0.25, -0.2) is 9.50 Å². The standard InChI is InChI=1S/C16H9IN4O/c17-11-6-7-13-12(8-11)15-19-16(22)14(20-21(15)9-18-13)10-4-2-1-3-5-10/h1-9H. The van der Waals surface area contributed by atoms with Gasteiger partial charge in [0.2, 0.25) is 0 Å². The van der Waals surface area contributed by atoms with E-state index in [0.717, 1.165) is 20.0 Å². The van der Waals surface area contributed by atoms with Crippen LogP contribution in [0.15, 0.2) is 59.7 Å². The lowest BCUT2D eigenvalue weighted by Crippen LogP contribution is -2.16. The third-order valence-corrected chi connectivity index (χ3v) is 4.06. The first-order valence-corrected chi connectivity index (χ1v) is 7.71. The van der Waals surface area contributed by atoms with Gasteiger partial charge >= 0.3 is 0 Å². The van der Waals surface area contributed by atoms with Crippen LogP contribution >= 0.6 is 22.6 Å². The maximum Gasteiger partial charge on any atom is 0.300 e. The van der Waals surface area contributed by atoms with Crippen molar-refractivity contribution in [3.63, 3.8) is 0 Å². The smallest absolute Gasteiger partial charge is 0.265 e. The highest BCUT2D eigenvalue weighted by Gasteiger charge is 2.10. The van der Waals surface area contributed by atoms with E-state index in [-0.39, 0.29) is 5.56 Å². The van der Waals surface area contributed by atoms with Gasteiger partial charge in [-0.2, -0.15) is 10.1 Å². The van der Waals surface area contributed by atoms with Gasteiger partial charge in [0.05, 0.1) is 5.52 Å². The minimum atomic E-state index is -0.336. The third kappa shape index (κ3) is 2.16. The van der Waals surface area contributed by atoms with E-state index in [0.29, 0.717) is 11.3 Å². The maximum atomic E-state index is 12.4. The molecule has 0 saturated carbocycles. The summed E-state index contributed by atoms with van der Waals surface area (Å²) in [5.41, 5.74) is 2.05. The molecular formula is C16H9IN4O. The van der Waals surface area contributed by atoms with Crippen LogP contribution in [0.25, 0.3) is 27.8 Å². The molecule has 4 rings (SSSR count). The number of halogens is 1. The second-order valence-electron chi connectivity index (χ2n) is 4.81. The van der Waals surface area contributed by atoms with E-state index in [2.05, 4.69) is 37.7 Å². The molecule has 6 heteroatoms. The lowest BCUT2D eigenvalue weighted by molar-refractivity contribution is 0.871. The van der Waals surface area contributed by atoms with E-state index >= 15 is 0 Å². The topological polar surface area (TPSA) is 60.2 Å². The SMILES string of the molecule is O=c1nc2c3cc(I)ccc3ncn2nc1-c1ccccc1. The molecule has 2 aromatic carbocycles. The number of nitrogens with zero attached hydrogens (tertiary/aromatic N) is 4. The highest BCUT2D eigenvalue weighted by molar-refractivity contribution is 14.1. The predicted molar refractivity (Wildman–Crippen MR) is 92.7 cm³/mol. The average Bonchev–Trinajstić information content (AvgIpc) is 2.55. The molecule has 5 nitrogen and oxygen atoms in total. The predicted octanol–water partition coefficient (Wildman–Crippen LogP) is 2.91. The van der Waals surface area contributed by atoms with Gasteiger partial charge < -0.3 is 0 Å². The molecule has 0 spiro atoms. The van der Waals surface area contributed by atoms with Gasteiger partial charge in [0.15, 0.2) is 11.3 Å². The highest BCUT2D eigenvalue weighted by atomic mass is 127. The third-order valence-electron chi connectivity index (χ3n) is 3.39. The Balaban J connectivity index is 2.08. The number of aromatic nitrogens is 4. The molecule has 0 amide bonds. The molecule has 0 aliphatic heterocycles. The van der Waals surface area contributed by atoms with Crippen LogP contribution in [0.4, 0.5) is 0 Å². The maximum absolute atomic E-state index is 12.4. The Hall–Kier alpha value is -2.35. The van der Waals surface area contributed by atoms with Crippen LogP contribution in [0, 0.1) is 3.57 Å². The van der Waals surface area contributed by atoms with Crippen molar-refractivity contribution >= 4 is 39.1 Å². The average molecular weight is 400 g/mol. The molecule has 22 heavy (non-hydrogen) atoms. The minimum absolute atomic E-state index is 0.324. The molecule has 0 bridgehead atoms. The fourth-order valence-corrected chi connectivity index (χ4v) is 2.85. The van der Waals surface area contributed by atoms with Crippen molar-refractivity contribution in [2.45, 2.75) is 0 Å². The molecule has 0 radical (unpaired) electrons. The Morgan fingerprint density at radius 3 is 2.68 bits per heavy atom. The summed E-state index contributed by atoms with van der Waals surface area (Å²) in [6, 6.07) is 15.1. The summed E-state index contributed by atoms with van der Waals surface area (Å²) in [6.45, 7) is 0. The van der Waals surface area contributed by atoms with Crippen molar-refractivity contribution < 1.29 is 0 Å². The summed E-state index contributed by atoms with van der Waals surface area (Å²) in [6.07, 6.45) is 1.59. The number of hydrogen-bond acceptors (Lipinski definition) is 4. The van der Waals surface area contributed by atoms with E-state index in [4.69, 9.17) is 0 Å². The highest BCUT2D eigenvalue weighted by Crippen LogP contribution is 2.19. The van der Waals surface area contributed by atoms with Gasteiger partial charge in [0, 0.05) is 14.5 Å². The van der Waals surface area contributed by atoms with Crippen LogP contribution in [-0.4, -0.2) is 19.6 Å². The normalized spacial score (nSPS) is 11.1. The zero-order chi connectivity index (χ0) is 15.1. The summed E-state index contributed by atoms with van der Waals surface area (Å²) in [7, 11) is 0. The van der Waals surface area contributed by atoms with Gasteiger partial charge in [-0.05, 0) is 40.8 Å². The van der Waals surface area contributed by atoms with Gasteiger partial charge in [-0.1, -0.05) is 30.3 Å². The first-order valence-electron chi connectivity index (χ1n) is 6.63. The van der Waals surface area contributed by atoms with E-state index in [1.54, 1.807) is 10.8 Å². The van der Waals surface area contributed by atoms with Crippen molar-refractivity contribution in [3.8, 4) is 11.3 Å². The van der Waals surface area contributed by atoms with E-state index in [9.17, 15) is 4.79 Å². The molecule has 0 atom stereocenters. The first kappa shape index (κ1) is 13.3. The Kier molecular flexibility index (Phi) is 3.11. The summed E-state index contributed by atoms with van der Waals surface area (Å²) in [4.78, 5) is 20.9. The van der Waals surface area contributed by atoms with Crippen molar-refractivity contribution in [2.75, 3.05) is 0 Å². The Morgan fingerprint density at radius 1 is 1.05 bits per heavy atom. The molecule has 0 unspecified atom stereocenters. The molecule has 2 aromatic heterocycles. The molecule has 106 valence electrons. The fourth-order valence-electron chi connectivity index (χ4n) is 2.36. The van der Waals surface area contributed by atoms with Crippen LogP contribution in [-0.2, 0) is 0 Å². The molecule has 0 fully saturated rings. The molecular weight excluding hydrogens is 391 g/mol. The monoisotopic (exact) mass is 400 g/mol. The van der Waals surface area contributed by atoms with Crippen LogP contribution in [0.2, 0.25) is 0 Å². The van der Waals surface area contributed by atoms with E-state index in [1.807, 2.05) is 48.5 Å². The summed E-state index contributed by atoms with van der Waals surface area (Å²) in [5, 5.41) is 5.22. The van der Waals surface area contributed by atoms with Crippen molar-refractivity contribution in [2.24, 2.45) is 0 Å². The van der Waals surface area contributed by atoms with Crippen LogP contribution in [0.1, 0.15) is 0 Å². The molecule has 4 aromatic rings. The van der Waals surface area contributed by atoms with Crippen LogP contribution in [0.5, 0.6) is 0 Å². The summed E-state index contributed by atoms with van der Waals surface area (Å²) in [5.74, 6) is 0. The van der Waals surface area contributed by atoms with E-state index < -0.39 is 0 Å². The fraction of sp³-hybridized carbons (Fsp3) is 0. The lowest BCUT2D eigenvalue weighted by Gasteiger charge is -2.06. The van der Waals surface area contributed by atoms with Gasteiger partial charge in [0.1, 0.15) is 6.33 Å². The summed E-state index contributed by atoms with van der Waals surface area (Å²) < 4.78 is 2.61. The van der Waals surface area contributed by atoms with Crippen LogP contribution in [0.3, 0.4) is 0 Å². The number of benzene rings is 2. The van der Waals surface area contributed by atoms with Gasteiger partial charge in [-0.3, -0.25) is 4.79 Å². The second-order valence-corrected chi connectivity index (χ2v) is 6.05. The molecule has 0 aliphatic carbocycles. The molecule has 0 N–H and O–H groups in total. The number of hydrogen-bond donors (Lipinski definition) is 0. The second kappa shape index (κ2) is 5.13. The Bertz CT molecular complexity index is 1060. The Morgan fingerprint density at radius 2 is 1.86 bits per heavy atom. The van der Waals surface area contributed by atoms with Crippen LogP contribution < -0.4 is 5.56 Å². The number of fused-ring (bicyclic) bond motifs is 3. The zero-order valence-electron chi connectivity index (χ0n) is 11.3. The first-order chi connectivity index (χ1) is 10.7. The molecule has 2 heterocycles. The van der Waals surface area contributed by atoms with E-state index in [1.165, 1.54) is 0 Å².